The quantitative estimate of drug-likeness (QED) is 0.892. The van der Waals surface area contributed by atoms with Gasteiger partial charge in [0.25, 0.3) is 0 Å². The van der Waals surface area contributed by atoms with E-state index < -0.39 is 34.8 Å². The summed E-state index contributed by atoms with van der Waals surface area (Å²) in [4.78, 5) is 17.4. The van der Waals surface area contributed by atoms with E-state index in [4.69, 9.17) is 5.11 Å². The molecule has 0 amide bonds. The molecule has 0 saturated carbocycles. The van der Waals surface area contributed by atoms with Crippen LogP contribution in [-0.2, 0) is 0 Å². The Balaban J connectivity index is 2.64. The number of hydrogen-bond donors (Lipinski definition) is 1. The molecule has 1 aromatic heterocycles. The lowest BCUT2D eigenvalue weighted by molar-refractivity contribution is 0.0684. The van der Waals surface area contributed by atoms with Crippen LogP contribution in [-0.4, -0.2) is 21.0 Å². The van der Waals surface area contributed by atoms with Crippen molar-refractivity contribution in [3.8, 4) is 11.3 Å². The molecular weight excluding hydrogens is 249 g/mol. The van der Waals surface area contributed by atoms with Gasteiger partial charge in [0.15, 0.2) is 11.5 Å². The van der Waals surface area contributed by atoms with Crippen LogP contribution in [0.1, 0.15) is 10.5 Å². The zero-order valence-electron chi connectivity index (χ0n) is 8.69. The fourth-order valence-electron chi connectivity index (χ4n) is 1.39. The number of carboxylic acids is 1. The van der Waals surface area contributed by atoms with Gasteiger partial charge in [-0.15, -0.1) is 0 Å². The van der Waals surface area contributed by atoms with Crippen LogP contribution in [0, 0.1) is 17.5 Å². The number of aromatic carboxylic acids is 1. The summed E-state index contributed by atoms with van der Waals surface area (Å²) in [6.07, 6.45) is 0.796. The highest BCUT2D eigenvalue weighted by Gasteiger charge is 2.20. The van der Waals surface area contributed by atoms with E-state index in [1.54, 1.807) is 0 Å². The van der Waals surface area contributed by atoms with E-state index in [1.807, 2.05) is 0 Å². The van der Waals surface area contributed by atoms with Crippen LogP contribution in [0.3, 0.4) is 0 Å². The molecule has 0 aliphatic heterocycles. The largest absolute Gasteiger partial charge is 0.476 e. The van der Waals surface area contributed by atoms with Gasteiger partial charge >= 0.3 is 5.97 Å². The van der Waals surface area contributed by atoms with Gasteiger partial charge in [0.05, 0.1) is 0 Å². The molecule has 0 aliphatic rings. The Morgan fingerprint density at radius 2 is 1.89 bits per heavy atom. The number of nitrogens with zero attached hydrogens (tertiary/aromatic N) is 2. The number of halogens is 3. The highest BCUT2D eigenvalue weighted by Crippen LogP contribution is 2.24. The number of carboxylic acid groups (broad SMARTS) is 1. The molecule has 7 heteroatoms. The zero-order chi connectivity index (χ0) is 13.3. The minimum atomic E-state index is -1.60. The van der Waals surface area contributed by atoms with Gasteiger partial charge in [-0.25, -0.2) is 27.9 Å². The minimum Gasteiger partial charge on any atom is -0.476 e. The zero-order valence-corrected chi connectivity index (χ0v) is 8.69. The second-order valence-electron chi connectivity index (χ2n) is 3.31. The van der Waals surface area contributed by atoms with E-state index in [0.29, 0.717) is 6.07 Å². The third-order valence-electron chi connectivity index (χ3n) is 2.18. The van der Waals surface area contributed by atoms with E-state index in [1.165, 1.54) is 0 Å². The second kappa shape index (κ2) is 4.44. The van der Waals surface area contributed by atoms with Crippen molar-refractivity contribution in [2.45, 2.75) is 0 Å². The topological polar surface area (TPSA) is 63.1 Å². The third kappa shape index (κ3) is 2.02. The normalized spacial score (nSPS) is 10.4. The minimum absolute atomic E-state index is 0.334. The van der Waals surface area contributed by atoms with Crippen molar-refractivity contribution in [3.63, 3.8) is 0 Å². The van der Waals surface area contributed by atoms with Gasteiger partial charge in [0.2, 0.25) is 0 Å². The van der Waals surface area contributed by atoms with Gasteiger partial charge in [-0.05, 0) is 12.1 Å². The first-order chi connectivity index (χ1) is 8.50. The van der Waals surface area contributed by atoms with Crippen molar-refractivity contribution in [2.24, 2.45) is 0 Å². The Labute approximate surface area is 98.7 Å². The van der Waals surface area contributed by atoms with E-state index >= 15 is 0 Å². The lowest BCUT2D eigenvalue weighted by atomic mass is 10.1. The summed E-state index contributed by atoms with van der Waals surface area (Å²) in [6.45, 7) is 0. The van der Waals surface area contributed by atoms with Crippen molar-refractivity contribution in [3.05, 3.63) is 47.7 Å². The van der Waals surface area contributed by atoms with E-state index in [0.717, 1.165) is 18.5 Å². The first-order valence-electron chi connectivity index (χ1n) is 4.70. The maximum absolute atomic E-state index is 13.7. The summed E-state index contributed by atoms with van der Waals surface area (Å²) >= 11 is 0. The molecular formula is C11H5F3N2O2. The van der Waals surface area contributed by atoms with E-state index in [9.17, 15) is 18.0 Å². The fourth-order valence-corrected chi connectivity index (χ4v) is 1.39. The van der Waals surface area contributed by atoms with Gasteiger partial charge in [0.1, 0.15) is 23.7 Å². The molecule has 0 fully saturated rings. The maximum Gasteiger partial charge on any atom is 0.357 e. The molecule has 2 rings (SSSR count). The van der Waals surface area contributed by atoms with Crippen LogP contribution >= 0.6 is 0 Å². The van der Waals surface area contributed by atoms with Crippen molar-refractivity contribution < 1.29 is 23.1 Å². The Morgan fingerprint density at radius 1 is 1.17 bits per heavy atom. The first-order valence-corrected chi connectivity index (χ1v) is 4.70. The van der Waals surface area contributed by atoms with E-state index in [-0.39, 0.29) is 5.56 Å². The third-order valence-corrected chi connectivity index (χ3v) is 2.18. The fraction of sp³-hybridized carbons (Fsp3) is 0. The predicted octanol–water partition coefficient (Wildman–Crippen LogP) is 2.26. The number of hydrogen-bond acceptors (Lipinski definition) is 3. The molecule has 2 aromatic rings. The summed E-state index contributed by atoms with van der Waals surface area (Å²) < 4.78 is 39.9. The Morgan fingerprint density at radius 3 is 2.50 bits per heavy atom. The molecule has 0 atom stereocenters. The van der Waals surface area contributed by atoms with Gasteiger partial charge in [-0.2, -0.15) is 0 Å². The second-order valence-corrected chi connectivity index (χ2v) is 3.31. The summed E-state index contributed by atoms with van der Waals surface area (Å²) in [6, 6.07) is 2.44. The Hall–Kier alpha value is -2.44. The van der Waals surface area contributed by atoms with E-state index in [2.05, 4.69) is 9.97 Å². The molecule has 18 heavy (non-hydrogen) atoms. The average Bonchev–Trinajstić information content (AvgIpc) is 2.30. The number of carbonyl (C=O) groups is 1. The maximum atomic E-state index is 13.7. The lowest BCUT2D eigenvalue weighted by Gasteiger charge is -2.05. The standard InChI is InChI=1S/C11H5F3N2O2/c12-5-1-2-6(7(13)3-5)9-8(14)10(11(17)18)16-4-15-9/h1-4H,(H,17,18). The Kier molecular flexibility index (Phi) is 2.97. The molecule has 1 N–H and O–H groups in total. The Bertz CT molecular complexity index is 632. The van der Waals surface area contributed by atoms with Crippen LogP contribution in [0.2, 0.25) is 0 Å². The van der Waals surface area contributed by atoms with Crippen molar-refractivity contribution in [1.29, 1.82) is 0 Å². The summed E-state index contributed by atoms with van der Waals surface area (Å²) in [5, 5.41) is 8.67. The molecule has 1 aromatic carbocycles. The molecule has 0 bridgehead atoms. The molecule has 4 nitrogen and oxygen atoms in total. The van der Waals surface area contributed by atoms with Gasteiger partial charge in [-0.1, -0.05) is 0 Å². The number of rotatable bonds is 2. The van der Waals surface area contributed by atoms with Crippen molar-refractivity contribution in [2.75, 3.05) is 0 Å². The number of aromatic nitrogens is 2. The molecule has 0 unspecified atom stereocenters. The molecule has 0 aliphatic carbocycles. The van der Waals surface area contributed by atoms with Crippen LogP contribution in [0.5, 0.6) is 0 Å². The summed E-state index contributed by atoms with van der Waals surface area (Å²) in [5.74, 6) is -4.73. The van der Waals surface area contributed by atoms with Crippen molar-refractivity contribution in [1.82, 2.24) is 9.97 Å². The molecule has 92 valence electrons. The highest BCUT2D eigenvalue weighted by atomic mass is 19.1. The van der Waals surface area contributed by atoms with Crippen LogP contribution in [0.4, 0.5) is 13.2 Å². The monoisotopic (exact) mass is 254 g/mol. The molecule has 1 heterocycles. The average molecular weight is 254 g/mol. The van der Waals surface area contributed by atoms with Gasteiger partial charge in [-0.3, -0.25) is 0 Å². The van der Waals surface area contributed by atoms with Crippen LogP contribution < -0.4 is 0 Å². The lowest BCUT2D eigenvalue weighted by Crippen LogP contribution is -2.07. The molecule has 0 saturated heterocycles. The van der Waals surface area contributed by atoms with Crippen LogP contribution in [0.25, 0.3) is 11.3 Å². The number of benzene rings is 1. The van der Waals surface area contributed by atoms with Crippen molar-refractivity contribution >= 4 is 5.97 Å². The van der Waals surface area contributed by atoms with Crippen LogP contribution in [0.15, 0.2) is 24.5 Å². The predicted molar refractivity (Wildman–Crippen MR) is 54.3 cm³/mol. The van der Waals surface area contributed by atoms with Gasteiger partial charge < -0.3 is 5.11 Å². The highest BCUT2D eigenvalue weighted by molar-refractivity contribution is 5.87. The SMILES string of the molecule is O=C(O)c1ncnc(-c2ccc(F)cc2F)c1F. The molecule has 0 radical (unpaired) electrons. The molecule has 0 spiro atoms. The first kappa shape index (κ1) is 12.0. The summed E-state index contributed by atoms with van der Waals surface area (Å²) in [7, 11) is 0. The summed E-state index contributed by atoms with van der Waals surface area (Å²) in [5.41, 5.74) is -1.73. The van der Waals surface area contributed by atoms with Gasteiger partial charge in [0, 0.05) is 11.6 Å². The smallest absolute Gasteiger partial charge is 0.357 e.